The number of hydrogen-bond donors (Lipinski definition) is 0. The van der Waals surface area contributed by atoms with Crippen LogP contribution in [0.4, 0.5) is 5.69 Å². The van der Waals surface area contributed by atoms with Crippen LogP contribution in [0.25, 0.3) is 10.4 Å². The van der Waals surface area contributed by atoms with Gasteiger partial charge in [0.25, 0.3) is 5.91 Å². The van der Waals surface area contributed by atoms with E-state index in [-0.39, 0.29) is 6.10 Å². The lowest BCUT2D eigenvalue weighted by Crippen LogP contribution is -2.23. The number of amides is 1. The molecule has 1 fully saturated rings. The van der Waals surface area contributed by atoms with Crippen molar-refractivity contribution >= 4 is 11.6 Å². The van der Waals surface area contributed by atoms with Crippen LogP contribution >= 0.6 is 0 Å². The first kappa shape index (κ1) is 14.4. The Morgan fingerprint density at radius 3 is 2.75 bits per heavy atom. The maximum Gasteiger partial charge on any atom is 0.251 e. The number of azide groups is 1. The standard InChI is InChI=1S/C14H18N4O2/c1-10(20-2)11-6-5-7-12(14(19)16-17-15)13(11)18-8-3-4-9-18/h5-7,10H,3-4,8-9H2,1-2H3. The Bertz CT molecular complexity index is 546. The summed E-state index contributed by atoms with van der Waals surface area (Å²) in [6, 6.07) is 5.45. The molecule has 1 aliphatic heterocycles. The highest BCUT2D eigenvalue weighted by Gasteiger charge is 2.24. The lowest BCUT2D eigenvalue weighted by molar-refractivity contribution is 0.0999. The molecule has 2 rings (SSSR count). The van der Waals surface area contributed by atoms with Gasteiger partial charge in [0.05, 0.1) is 11.8 Å². The topological polar surface area (TPSA) is 78.3 Å². The summed E-state index contributed by atoms with van der Waals surface area (Å²) < 4.78 is 5.39. The number of benzene rings is 1. The number of ether oxygens (including phenoxy) is 1. The molecule has 0 aliphatic carbocycles. The van der Waals surface area contributed by atoms with E-state index < -0.39 is 5.91 Å². The Morgan fingerprint density at radius 2 is 2.15 bits per heavy atom. The number of rotatable bonds is 4. The predicted molar refractivity (Wildman–Crippen MR) is 76.8 cm³/mol. The van der Waals surface area contributed by atoms with Crippen molar-refractivity contribution in [3.63, 3.8) is 0 Å². The van der Waals surface area contributed by atoms with Crippen LogP contribution in [-0.2, 0) is 4.74 Å². The number of hydrogen-bond acceptors (Lipinski definition) is 3. The van der Waals surface area contributed by atoms with E-state index in [1.54, 1.807) is 19.2 Å². The third-order valence-electron chi connectivity index (χ3n) is 3.65. The van der Waals surface area contributed by atoms with Crippen molar-refractivity contribution in [2.24, 2.45) is 5.11 Å². The molecule has 0 radical (unpaired) electrons. The molecule has 1 aliphatic rings. The van der Waals surface area contributed by atoms with Gasteiger partial charge in [-0.05, 0) is 36.5 Å². The summed E-state index contributed by atoms with van der Waals surface area (Å²) in [6.07, 6.45) is 2.08. The van der Waals surface area contributed by atoms with Crippen molar-refractivity contribution in [3.8, 4) is 0 Å². The first-order valence-corrected chi connectivity index (χ1v) is 6.69. The number of nitrogens with zero attached hydrogens (tertiary/aromatic N) is 4. The van der Waals surface area contributed by atoms with Gasteiger partial charge in [-0.15, -0.1) is 0 Å². The molecule has 1 aromatic rings. The van der Waals surface area contributed by atoms with Crippen molar-refractivity contribution in [2.75, 3.05) is 25.1 Å². The maximum atomic E-state index is 12.0. The summed E-state index contributed by atoms with van der Waals surface area (Å²) in [5, 5.41) is 3.23. The van der Waals surface area contributed by atoms with Gasteiger partial charge in [-0.1, -0.05) is 12.1 Å². The molecule has 0 N–H and O–H groups in total. The summed E-state index contributed by atoms with van der Waals surface area (Å²) in [6.45, 7) is 3.75. The van der Waals surface area contributed by atoms with Gasteiger partial charge in [-0.2, -0.15) is 0 Å². The van der Waals surface area contributed by atoms with Crippen LogP contribution in [0.3, 0.4) is 0 Å². The minimum atomic E-state index is -0.542. The van der Waals surface area contributed by atoms with Crippen molar-refractivity contribution in [1.82, 2.24) is 0 Å². The number of carbonyl (C=O) groups excluding carboxylic acids is 1. The summed E-state index contributed by atoms with van der Waals surface area (Å²) in [5.41, 5.74) is 10.7. The first-order valence-electron chi connectivity index (χ1n) is 6.69. The van der Waals surface area contributed by atoms with Crippen molar-refractivity contribution in [2.45, 2.75) is 25.9 Å². The van der Waals surface area contributed by atoms with Gasteiger partial charge >= 0.3 is 0 Å². The first-order chi connectivity index (χ1) is 9.69. The SMILES string of the molecule is COC(C)c1cccc(C(=O)N=[N+]=[N-])c1N1CCCC1. The maximum absolute atomic E-state index is 12.0. The molecule has 106 valence electrons. The molecular weight excluding hydrogens is 256 g/mol. The zero-order chi connectivity index (χ0) is 14.5. The van der Waals surface area contributed by atoms with Gasteiger partial charge in [0.2, 0.25) is 0 Å². The fraction of sp³-hybridized carbons (Fsp3) is 0.500. The van der Waals surface area contributed by atoms with E-state index in [0.717, 1.165) is 37.2 Å². The zero-order valence-electron chi connectivity index (χ0n) is 11.7. The summed E-state index contributed by atoms with van der Waals surface area (Å²) in [7, 11) is 1.64. The molecule has 1 atom stereocenters. The molecule has 0 aromatic heterocycles. The van der Waals surface area contributed by atoms with Gasteiger partial charge in [-0.25, -0.2) is 0 Å². The fourth-order valence-corrected chi connectivity index (χ4v) is 2.58. The van der Waals surface area contributed by atoms with E-state index >= 15 is 0 Å². The van der Waals surface area contributed by atoms with Gasteiger partial charge < -0.3 is 9.64 Å². The summed E-state index contributed by atoms with van der Waals surface area (Å²) in [5.74, 6) is -0.542. The molecule has 0 saturated carbocycles. The number of methoxy groups -OCH3 is 1. The van der Waals surface area contributed by atoms with Crippen molar-refractivity contribution in [3.05, 3.63) is 39.8 Å². The summed E-state index contributed by atoms with van der Waals surface area (Å²) in [4.78, 5) is 16.8. The van der Waals surface area contributed by atoms with Crippen LogP contribution in [0.15, 0.2) is 23.3 Å². The van der Waals surface area contributed by atoms with Crippen LogP contribution in [0.1, 0.15) is 41.8 Å². The number of anilines is 1. The second-order valence-corrected chi connectivity index (χ2v) is 4.81. The van der Waals surface area contributed by atoms with Crippen LogP contribution < -0.4 is 4.90 Å². The van der Waals surface area contributed by atoms with Crippen molar-refractivity contribution in [1.29, 1.82) is 0 Å². The molecule has 1 heterocycles. The molecule has 1 saturated heterocycles. The molecule has 20 heavy (non-hydrogen) atoms. The molecule has 6 heteroatoms. The van der Waals surface area contributed by atoms with E-state index in [4.69, 9.17) is 10.3 Å². The van der Waals surface area contributed by atoms with Gasteiger partial charge in [-0.3, -0.25) is 4.79 Å². The molecule has 1 amide bonds. The van der Waals surface area contributed by atoms with Crippen LogP contribution in [0, 0.1) is 0 Å². The number of para-hydroxylation sites is 1. The van der Waals surface area contributed by atoms with E-state index in [0.29, 0.717) is 5.56 Å². The van der Waals surface area contributed by atoms with Gasteiger partial charge in [0.15, 0.2) is 0 Å². The second kappa shape index (κ2) is 6.41. The monoisotopic (exact) mass is 274 g/mol. The molecule has 0 spiro atoms. The smallest absolute Gasteiger partial charge is 0.251 e. The Labute approximate surface area is 118 Å². The average Bonchev–Trinajstić information content (AvgIpc) is 2.99. The molecule has 1 aromatic carbocycles. The average molecular weight is 274 g/mol. The van der Waals surface area contributed by atoms with E-state index in [1.165, 1.54) is 0 Å². The van der Waals surface area contributed by atoms with Gasteiger partial charge in [0.1, 0.15) is 0 Å². The van der Waals surface area contributed by atoms with Crippen LogP contribution in [0.5, 0.6) is 0 Å². The number of carbonyl (C=O) groups is 1. The van der Waals surface area contributed by atoms with E-state index in [2.05, 4.69) is 14.9 Å². The Balaban J connectivity index is 2.55. The van der Waals surface area contributed by atoms with Crippen LogP contribution in [-0.4, -0.2) is 26.1 Å². The van der Waals surface area contributed by atoms with Crippen LogP contribution in [0.2, 0.25) is 0 Å². The lowest BCUT2D eigenvalue weighted by Gasteiger charge is -2.26. The molecule has 6 nitrogen and oxygen atoms in total. The summed E-state index contributed by atoms with van der Waals surface area (Å²) >= 11 is 0. The lowest BCUT2D eigenvalue weighted by atomic mass is 10.0. The normalized spacial score (nSPS) is 15.8. The molecular formula is C14H18N4O2. The Hall–Kier alpha value is -2.04. The quantitative estimate of drug-likeness (QED) is 0.479. The minimum Gasteiger partial charge on any atom is -0.377 e. The highest BCUT2D eigenvalue weighted by Crippen LogP contribution is 2.34. The highest BCUT2D eigenvalue weighted by molar-refractivity contribution is 6.01. The van der Waals surface area contributed by atoms with Gasteiger partial charge in [0, 0.05) is 36.2 Å². The predicted octanol–water partition coefficient (Wildman–Crippen LogP) is 3.44. The van der Waals surface area contributed by atoms with Crippen molar-refractivity contribution < 1.29 is 9.53 Å². The molecule has 0 bridgehead atoms. The third kappa shape index (κ3) is 2.76. The zero-order valence-corrected chi connectivity index (χ0v) is 11.7. The fourth-order valence-electron chi connectivity index (χ4n) is 2.58. The third-order valence-corrected chi connectivity index (χ3v) is 3.65. The van der Waals surface area contributed by atoms with E-state index in [1.807, 2.05) is 13.0 Å². The molecule has 1 unspecified atom stereocenters. The van der Waals surface area contributed by atoms with E-state index in [9.17, 15) is 4.79 Å². The Morgan fingerprint density at radius 1 is 1.45 bits per heavy atom. The second-order valence-electron chi connectivity index (χ2n) is 4.81. The Kier molecular flexibility index (Phi) is 4.61. The largest absolute Gasteiger partial charge is 0.377 e. The minimum absolute atomic E-state index is 0.121. The highest BCUT2D eigenvalue weighted by atomic mass is 16.5.